The second kappa shape index (κ2) is 8.63. The fourth-order valence-corrected chi connectivity index (χ4v) is 5.82. The lowest BCUT2D eigenvalue weighted by Gasteiger charge is -2.38. The van der Waals surface area contributed by atoms with Gasteiger partial charge in [0.15, 0.2) is 0 Å². The Hall–Kier alpha value is -1.61. The van der Waals surface area contributed by atoms with E-state index in [-0.39, 0.29) is 6.10 Å². The fourth-order valence-electron chi connectivity index (χ4n) is 4.33. The van der Waals surface area contributed by atoms with Crippen molar-refractivity contribution in [3.63, 3.8) is 0 Å². The first-order chi connectivity index (χ1) is 14.2. The highest BCUT2D eigenvalue weighted by Crippen LogP contribution is 2.32. The molecule has 1 aliphatic heterocycles. The summed E-state index contributed by atoms with van der Waals surface area (Å²) in [5.74, 6) is 1.58. The summed E-state index contributed by atoms with van der Waals surface area (Å²) in [6.07, 6.45) is 5.50. The number of fused-ring (bicyclic) bond motifs is 1. The van der Waals surface area contributed by atoms with Gasteiger partial charge in [0.2, 0.25) is 5.88 Å². The van der Waals surface area contributed by atoms with E-state index in [1.807, 2.05) is 6.92 Å². The summed E-state index contributed by atoms with van der Waals surface area (Å²) < 4.78 is 17.4. The normalized spacial score (nSPS) is 23.5. The number of rotatable bonds is 5. The topological polar surface area (TPSA) is 60.4 Å². The molecule has 1 saturated carbocycles. The molecule has 0 amide bonds. The summed E-state index contributed by atoms with van der Waals surface area (Å²) >= 11 is 3.19. The van der Waals surface area contributed by atoms with Crippen molar-refractivity contribution in [3.05, 3.63) is 33.9 Å². The van der Waals surface area contributed by atoms with Gasteiger partial charge in [0, 0.05) is 30.4 Å². The van der Waals surface area contributed by atoms with Gasteiger partial charge in [0.05, 0.1) is 24.4 Å². The van der Waals surface area contributed by atoms with Crippen molar-refractivity contribution < 1.29 is 9.47 Å². The lowest BCUT2D eigenvalue weighted by molar-refractivity contribution is -0.00125. The first kappa shape index (κ1) is 19.4. The van der Waals surface area contributed by atoms with Gasteiger partial charge >= 0.3 is 0 Å². The van der Waals surface area contributed by atoms with E-state index in [1.165, 1.54) is 29.3 Å². The molecule has 0 unspecified atom stereocenters. The summed E-state index contributed by atoms with van der Waals surface area (Å²) in [4.78, 5) is 13.3. The van der Waals surface area contributed by atoms with E-state index in [0.717, 1.165) is 66.8 Å². The molecule has 4 heterocycles. The van der Waals surface area contributed by atoms with Crippen LogP contribution in [0.1, 0.15) is 42.1 Å². The van der Waals surface area contributed by atoms with Gasteiger partial charge in [-0.25, -0.2) is 4.98 Å². The number of aryl methyl sites for hydroxylation is 1. The van der Waals surface area contributed by atoms with Crippen LogP contribution in [0, 0.1) is 6.92 Å². The van der Waals surface area contributed by atoms with Crippen LogP contribution in [-0.4, -0.2) is 57.7 Å². The third-order valence-electron chi connectivity index (χ3n) is 5.81. The van der Waals surface area contributed by atoms with Crippen LogP contribution in [0.5, 0.6) is 5.88 Å². The molecule has 3 aromatic heterocycles. The maximum absolute atomic E-state index is 6.45. The molecule has 5 rings (SSSR count). The molecule has 2 aliphatic rings. The summed E-state index contributed by atoms with van der Waals surface area (Å²) in [6.45, 7) is 5.90. The monoisotopic (exact) mass is 430 g/mol. The van der Waals surface area contributed by atoms with E-state index in [0.29, 0.717) is 12.5 Å². The Morgan fingerprint density at radius 1 is 1.17 bits per heavy atom. The van der Waals surface area contributed by atoms with Crippen molar-refractivity contribution in [2.45, 2.75) is 51.2 Å². The Morgan fingerprint density at radius 2 is 2.00 bits per heavy atom. The van der Waals surface area contributed by atoms with E-state index >= 15 is 0 Å². The molecular weight excluding hydrogens is 404 g/mol. The van der Waals surface area contributed by atoms with Crippen LogP contribution in [-0.2, 0) is 11.2 Å². The largest absolute Gasteiger partial charge is 0.473 e. The van der Waals surface area contributed by atoms with E-state index in [4.69, 9.17) is 19.4 Å². The van der Waals surface area contributed by atoms with Gasteiger partial charge in [-0.2, -0.15) is 9.36 Å². The summed E-state index contributed by atoms with van der Waals surface area (Å²) in [7, 11) is 0. The van der Waals surface area contributed by atoms with Crippen molar-refractivity contribution in [1.82, 2.24) is 19.2 Å². The Kier molecular flexibility index (Phi) is 5.76. The molecule has 2 fully saturated rings. The van der Waals surface area contributed by atoms with Crippen LogP contribution >= 0.6 is 22.9 Å². The van der Waals surface area contributed by atoms with Gasteiger partial charge in [-0.1, -0.05) is 0 Å². The van der Waals surface area contributed by atoms with Gasteiger partial charge in [0.1, 0.15) is 16.6 Å². The van der Waals surface area contributed by atoms with E-state index in [2.05, 4.69) is 26.8 Å². The van der Waals surface area contributed by atoms with Crippen LogP contribution in [0.15, 0.2) is 17.5 Å². The summed E-state index contributed by atoms with van der Waals surface area (Å²) in [6, 6.07) is 4.85. The Morgan fingerprint density at radius 3 is 2.76 bits per heavy atom. The predicted molar refractivity (Wildman–Crippen MR) is 116 cm³/mol. The van der Waals surface area contributed by atoms with Gasteiger partial charge < -0.3 is 9.47 Å². The highest BCUT2D eigenvalue weighted by Gasteiger charge is 2.28. The third-order valence-corrected chi connectivity index (χ3v) is 7.58. The van der Waals surface area contributed by atoms with Gasteiger partial charge in [-0.3, -0.25) is 4.90 Å². The molecule has 1 aliphatic carbocycles. The number of thiophene rings is 1. The Bertz CT molecular complexity index is 959. The van der Waals surface area contributed by atoms with Gasteiger partial charge in [0.25, 0.3) is 0 Å². The molecule has 29 heavy (non-hydrogen) atoms. The standard InChI is InChI=1S/C21H26N4O2S2/c1-14-12-17(29-24-14)13-19-22-18-6-11-28-20(18)21(23-19)27-16-4-2-15(3-5-16)25-7-9-26-10-8-25/h6,11-12,15-16H,2-5,7-10,13H2,1H3. The second-order valence-electron chi connectivity index (χ2n) is 7.89. The number of morpholine rings is 1. The highest BCUT2D eigenvalue weighted by atomic mass is 32.1. The average Bonchev–Trinajstić information content (AvgIpc) is 3.38. The molecule has 0 N–H and O–H groups in total. The molecule has 0 atom stereocenters. The van der Waals surface area contributed by atoms with Crippen LogP contribution < -0.4 is 4.74 Å². The van der Waals surface area contributed by atoms with Crippen molar-refractivity contribution in [2.75, 3.05) is 26.3 Å². The molecule has 0 spiro atoms. The molecule has 0 aromatic carbocycles. The lowest BCUT2D eigenvalue weighted by atomic mass is 9.91. The van der Waals surface area contributed by atoms with Crippen LogP contribution in [0.25, 0.3) is 10.2 Å². The molecule has 0 bridgehead atoms. The zero-order chi connectivity index (χ0) is 19.6. The third kappa shape index (κ3) is 4.45. The minimum absolute atomic E-state index is 0.242. The number of hydrogen-bond donors (Lipinski definition) is 0. The van der Waals surface area contributed by atoms with E-state index < -0.39 is 0 Å². The van der Waals surface area contributed by atoms with Crippen molar-refractivity contribution in [3.8, 4) is 5.88 Å². The number of aromatic nitrogens is 3. The van der Waals surface area contributed by atoms with Gasteiger partial charge in [-0.15, -0.1) is 11.3 Å². The van der Waals surface area contributed by atoms with E-state index in [9.17, 15) is 0 Å². The average molecular weight is 431 g/mol. The molecule has 0 radical (unpaired) electrons. The summed E-state index contributed by atoms with van der Waals surface area (Å²) in [5.41, 5.74) is 2.04. The molecule has 1 saturated heterocycles. The number of hydrogen-bond acceptors (Lipinski definition) is 8. The molecule has 3 aromatic rings. The Balaban J connectivity index is 1.28. The second-order valence-corrected chi connectivity index (χ2v) is 9.69. The van der Waals surface area contributed by atoms with Crippen molar-refractivity contribution >= 4 is 33.1 Å². The maximum atomic E-state index is 6.45. The molecule has 6 nitrogen and oxygen atoms in total. The van der Waals surface area contributed by atoms with Gasteiger partial charge in [-0.05, 0) is 61.7 Å². The van der Waals surface area contributed by atoms with E-state index in [1.54, 1.807) is 11.3 Å². The first-order valence-electron chi connectivity index (χ1n) is 10.4. The van der Waals surface area contributed by atoms with Crippen LogP contribution in [0.2, 0.25) is 0 Å². The molecular formula is C21H26N4O2S2. The quantitative estimate of drug-likeness (QED) is 0.608. The lowest BCUT2D eigenvalue weighted by Crippen LogP contribution is -2.46. The van der Waals surface area contributed by atoms with Crippen molar-refractivity contribution in [1.29, 1.82) is 0 Å². The Labute approximate surface area is 179 Å². The zero-order valence-electron chi connectivity index (χ0n) is 16.7. The SMILES string of the molecule is Cc1cc(Cc2nc(OC3CCC(N4CCOCC4)CC3)c3sccc3n2)sn1. The molecule has 8 heteroatoms. The number of nitrogens with zero attached hydrogens (tertiary/aromatic N) is 4. The zero-order valence-corrected chi connectivity index (χ0v) is 18.3. The fraction of sp³-hybridized carbons (Fsp3) is 0.571. The maximum Gasteiger partial charge on any atom is 0.235 e. The van der Waals surface area contributed by atoms with Crippen LogP contribution in [0.3, 0.4) is 0 Å². The first-order valence-corrected chi connectivity index (χ1v) is 12.0. The minimum atomic E-state index is 0.242. The smallest absolute Gasteiger partial charge is 0.235 e. The molecule has 154 valence electrons. The minimum Gasteiger partial charge on any atom is -0.473 e. The summed E-state index contributed by atoms with van der Waals surface area (Å²) in [5, 5.41) is 2.07. The highest BCUT2D eigenvalue weighted by molar-refractivity contribution is 7.17. The van der Waals surface area contributed by atoms with Crippen molar-refractivity contribution in [2.24, 2.45) is 0 Å². The number of ether oxygens (including phenoxy) is 2. The van der Waals surface area contributed by atoms with Crippen LogP contribution in [0.4, 0.5) is 0 Å². The predicted octanol–water partition coefficient (Wildman–Crippen LogP) is 4.07.